The van der Waals surface area contributed by atoms with Gasteiger partial charge in [-0.1, -0.05) is 41.1 Å². The van der Waals surface area contributed by atoms with E-state index in [-0.39, 0.29) is 11.4 Å². The number of hydrogen-bond acceptors (Lipinski definition) is 4. The Morgan fingerprint density at radius 3 is 2.50 bits per heavy atom. The number of nitrogens with two attached hydrogens (primary N) is 1. The van der Waals surface area contributed by atoms with Gasteiger partial charge >= 0.3 is 0 Å². The summed E-state index contributed by atoms with van der Waals surface area (Å²) < 4.78 is 0. The maximum absolute atomic E-state index is 11.2. The lowest BCUT2D eigenvalue weighted by molar-refractivity contribution is 0.945. The lowest BCUT2D eigenvalue weighted by Crippen LogP contribution is -2.09. The van der Waals surface area contributed by atoms with Crippen LogP contribution in [-0.2, 0) is 5.75 Å². The number of nitrogens with one attached hydrogen (secondary N) is 1. The first-order valence-electron chi connectivity index (χ1n) is 5.60. The van der Waals surface area contributed by atoms with Crippen molar-refractivity contribution in [1.29, 1.82) is 0 Å². The van der Waals surface area contributed by atoms with Crippen LogP contribution in [0.2, 0.25) is 0 Å². The van der Waals surface area contributed by atoms with Gasteiger partial charge in [-0.3, -0.25) is 4.79 Å². The molecule has 1 aromatic carbocycles. The van der Waals surface area contributed by atoms with Crippen LogP contribution in [0, 0.1) is 13.8 Å². The van der Waals surface area contributed by atoms with Gasteiger partial charge in [0.2, 0.25) is 0 Å². The van der Waals surface area contributed by atoms with E-state index in [0.717, 1.165) is 5.75 Å². The van der Waals surface area contributed by atoms with Gasteiger partial charge in [0.15, 0.2) is 5.16 Å². The van der Waals surface area contributed by atoms with Crippen LogP contribution in [0.3, 0.4) is 0 Å². The normalized spacial score (nSPS) is 10.6. The molecule has 0 atom stereocenters. The minimum atomic E-state index is -0.217. The molecular formula is C13H15N3OS. The second kappa shape index (κ2) is 5.27. The Bertz CT molecular complexity index is 602. The molecule has 4 nitrogen and oxygen atoms in total. The molecule has 0 aliphatic heterocycles. The number of nitrogen functional groups attached to an aromatic ring is 1. The Balaban J connectivity index is 2.13. The first-order chi connectivity index (χ1) is 8.52. The third kappa shape index (κ3) is 3.37. The molecule has 18 heavy (non-hydrogen) atoms. The summed E-state index contributed by atoms with van der Waals surface area (Å²) >= 11 is 1.47. The second-order valence-corrected chi connectivity index (χ2v) is 5.22. The number of aromatic nitrogens is 2. The highest BCUT2D eigenvalue weighted by Gasteiger charge is 2.02. The quantitative estimate of drug-likeness (QED) is 0.656. The van der Waals surface area contributed by atoms with Crippen molar-refractivity contribution >= 4 is 17.6 Å². The number of H-pyrrole nitrogens is 1. The van der Waals surface area contributed by atoms with E-state index in [9.17, 15) is 4.79 Å². The summed E-state index contributed by atoms with van der Waals surface area (Å²) in [6.07, 6.45) is 0. The average molecular weight is 261 g/mol. The van der Waals surface area contributed by atoms with Crippen LogP contribution in [-0.4, -0.2) is 9.97 Å². The van der Waals surface area contributed by atoms with Crippen molar-refractivity contribution in [2.45, 2.75) is 24.8 Å². The monoisotopic (exact) mass is 261 g/mol. The lowest BCUT2D eigenvalue weighted by Gasteiger charge is -2.05. The van der Waals surface area contributed by atoms with E-state index in [1.807, 2.05) is 0 Å². The van der Waals surface area contributed by atoms with Crippen LogP contribution in [0.25, 0.3) is 0 Å². The van der Waals surface area contributed by atoms with Crippen molar-refractivity contribution in [1.82, 2.24) is 9.97 Å². The molecule has 0 unspecified atom stereocenters. The van der Waals surface area contributed by atoms with Crippen molar-refractivity contribution in [2.75, 3.05) is 5.73 Å². The zero-order chi connectivity index (χ0) is 13.1. The SMILES string of the molecule is Cc1cc(C)cc(CSc2nc(N)cc(=O)[nH]2)c1. The molecule has 5 heteroatoms. The van der Waals surface area contributed by atoms with Crippen molar-refractivity contribution in [3.63, 3.8) is 0 Å². The average Bonchev–Trinajstić information content (AvgIpc) is 2.23. The predicted octanol–water partition coefficient (Wildman–Crippen LogP) is 2.26. The molecule has 0 aliphatic carbocycles. The minimum Gasteiger partial charge on any atom is -0.383 e. The molecule has 0 spiro atoms. The third-order valence-electron chi connectivity index (χ3n) is 2.40. The molecule has 1 heterocycles. The summed E-state index contributed by atoms with van der Waals surface area (Å²) in [6, 6.07) is 7.67. The van der Waals surface area contributed by atoms with Crippen LogP contribution in [0.15, 0.2) is 34.2 Å². The lowest BCUT2D eigenvalue weighted by atomic mass is 10.1. The second-order valence-electron chi connectivity index (χ2n) is 4.26. The highest BCUT2D eigenvalue weighted by atomic mass is 32.2. The molecule has 2 rings (SSSR count). The van der Waals surface area contributed by atoms with Crippen molar-refractivity contribution in [3.05, 3.63) is 51.3 Å². The molecular weight excluding hydrogens is 246 g/mol. The molecule has 0 saturated heterocycles. The summed E-state index contributed by atoms with van der Waals surface area (Å²) in [5, 5.41) is 0.555. The number of aromatic amines is 1. The van der Waals surface area contributed by atoms with Gasteiger partial charge in [0.25, 0.3) is 5.56 Å². The van der Waals surface area contributed by atoms with Crippen LogP contribution in [0.1, 0.15) is 16.7 Å². The van der Waals surface area contributed by atoms with Gasteiger partial charge in [-0.05, 0) is 19.4 Å². The number of anilines is 1. The maximum Gasteiger partial charge on any atom is 0.253 e. The number of aryl methyl sites for hydroxylation is 2. The van der Waals surface area contributed by atoms with E-state index in [1.54, 1.807) is 0 Å². The van der Waals surface area contributed by atoms with Crippen molar-refractivity contribution < 1.29 is 0 Å². The van der Waals surface area contributed by atoms with Gasteiger partial charge in [-0.25, -0.2) is 4.98 Å². The summed E-state index contributed by atoms with van der Waals surface area (Å²) in [7, 11) is 0. The molecule has 0 amide bonds. The van der Waals surface area contributed by atoms with E-state index < -0.39 is 0 Å². The smallest absolute Gasteiger partial charge is 0.253 e. The van der Waals surface area contributed by atoms with Crippen LogP contribution < -0.4 is 11.3 Å². The van der Waals surface area contributed by atoms with Gasteiger partial charge in [0.1, 0.15) is 5.82 Å². The largest absolute Gasteiger partial charge is 0.383 e. The molecule has 3 N–H and O–H groups in total. The zero-order valence-electron chi connectivity index (χ0n) is 10.4. The summed E-state index contributed by atoms with van der Waals surface area (Å²) in [5.74, 6) is 1.01. The molecule has 94 valence electrons. The molecule has 0 bridgehead atoms. The minimum absolute atomic E-state index is 0.217. The molecule has 0 saturated carbocycles. The topological polar surface area (TPSA) is 71.8 Å². The molecule has 2 aromatic rings. The number of hydrogen-bond donors (Lipinski definition) is 2. The standard InChI is InChI=1S/C13H15N3OS/c1-8-3-9(2)5-10(4-8)7-18-13-15-11(14)6-12(17)16-13/h3-6H,7H2,1-2H3,(H3,14,15,16,17). The molecule has 0 radical (unpaired) electrons. The first kappa shape index (κ1) is 12.7. The van der Waals surface area contributed by atoms with E-state index >= 15 is 0 Å². The summed E-state index contributed by atoms with van der Waals surface area (Å²) in [6.45, 7) is 4.14. The van der Waals surface area contributed by atoms with Gasteiger partial charge in [-0.15, -0.1) is 0 Å². The maximum atomic E-state index is 11.2. The Morgan fingerprint density at radius 2 is 1.89 bits per heavy atom. The molecule has 0 aliphatic rings. The highest BCUT2D eigenvalue weighted by Crippen LogP contribution is 2.20. The van der Waals surface area contributed by atoms with Gasteiger partial charge in [-0.2, -0.15) is 0 Å². The number of thioether (sulfide) groups is 1. The summed E-state index contributed by atoms with van der Waals surface area (Å²) in [5.41, 5.74) is 9.00. The Morgan fingerprint density at radius 1 is 1.22 bits per heavy atom. The van der Waals surface area contributed by atoms with Gasteiger partial charge in [0, 0.05) is 11.8 Å². The Hall–Kier alpha value is -1.75. The fraction of sp³-hybridized carbons (Fsp3) is 0.231. The van der Waals surface area contributed by atoms with Gasteiger partial charge in [0.05, 0.1) is 0 Å². The van der Waals surface area contributed by atoms with Crippen LogP contribution in [0.4, 0.5) is 5.82 Å². The summed E-state index contributed by atoms with van der Waals surface area (Å²) in [4.78, 5) is 18.0. The van der Waals surface area contributed by atoms with E-state index in [2.05, 4.69) is 42.0 Å². The third-order valence-corrected chi connectivity index (χ3v) is 3.34. The fourth-order valence-corrected chi connectivity index (χ4v) is 2.64. The molecule has 1 aromatic heterocycles. The van der Waals surface area contributed by atoms with E-state index in [4.69, 9.17) is 5.73 Å². The van der Waals surface area contributed by atoms with E-state index in [0.29, 0.717) is 5.16 Å². The molecule has 0 fully saturated rings. The van der Waals surface area contributed by atoms with Crippen molar-refractivity contribution in [3.8, 4) is 0 Å². The number of rotatable bonds is 3. The van der Waals surface area contributed by atoms with Crippen molar-refractivity contribution in [2.24, 2.45) is 0 Å². The fourth-order valence-electron chi connectivity index (χ4n) is 1.83. The van der Waals surface area contributed by atoms with Crippen LogP contribution >= 0.6 is 11.8 Å². The number of benzene rings is 1. The predicted molar refractivity (Wildman–Crippen MR) is 74.7 cm³/mol. The first-order valence-corrected chi connectivity index (χ1v) is 6.58. The van der Waals surface area contributed by atoms with Gasteiger partial charge < -0.3 is 10.7 Å². The van der Waals surface area contributed by atoms with E-state index in [1.165, 1.54) is 34.5 Å². The Kier molecular flexibility index (Phi) is 3.72. The highest BCUT2D eigenvalue weighted by molar-refractivity contribution is 7.98. The van der Waals surface area contributed by atoms with Crippen LogP contribution in [0.5, 0.6) is 0 Å². The number of nitrogens with zero attached hydrogens (tertiary/aromatic N) is 1. The zero-order valence-corrected chi connectivity index (χ0v) is 11.2. The Labute approximate surface area is 110 Å².